The van der Waals surface area contributed by atoms with Gasteiger partial charge in [0, 0.05) is 23.9 Å². The lowest BCUT2D eigenvalue weighted by molar-refractivity contribution is -0.0889. The second-order valence-corrected chi connectivity index (χ2v) is 8.20. The largest absolute Gasteiger partial charge is 0.288 e. The summed E-state index contributed by atoms with van der Waals surface area (Å²) < 4.78 is 6.68. The summed E-state index contributed by atoms with van der Waals surface area (Å²) in [5, 5.41) is 10.0. The Labute approximate surface area is 161 Å². The van der Waals surface area contributed by atoms with Gasteiger partial charge in [-0.15, -0.1) is 4.74 Å². The Balaban J connectivity index is 1.56. The predicted octanol–water partition coefficient (Wildman–Crippen LogP) is 4.68. The summed E-state index contributed by atoms with van der Waals surface area (Å²) in [4.78, 5) is 2.63. The van der Waals surface area contributed by atoms with Crippen LogP contribution >= 0.6 is 0 Å². The number of piperidine rings is 1. The summed E-state index contributed by atoms with van der Waals surface area (Å²) in [6.45, 7) is 1.10. The minimum atomic E-state index is -0.0203. The predicted molar refractivity (Wildman–Crippen MR) is 105 cm³/mol. The smallest absolute Gasteiger partial charge is 0.262 e. The van der Waals surface area contributed by atoms with Gasteiger partial charge in [0.05, 0.1) is 12.1 Å². The van der Waals surface area contributed by atoms with Crippen LogP contribution in [0.3, 0.4) is 0 Å². The highest BCUT2D eigenvalue weighted by molar-refractivity contribution is 5.29. The highest BCUT2D eigenvalue weighted by Gasteiger charge is 2.63. The van der Waals surface area contributed by atoms with Gasteiger partial charge in [-0.25, -0.2) is 0 Å². The molecule has 3 heterocycles. The molecule has 0 saturated carbocycles. The lowest BCUT2D eigenvalue weighted by Gasteiger charge is -2.39. The third-order valence-corrected chi connectivity index (χ3v) is 6.83. The molecule has 3 aliphatic rings. The Morgan fingerprint density at radius 1 is 0.926 bits per heavy atom. The first-order chi connectivity index (χ1) is 13.4. The van der Waals surface area contributed by atoms with E-state index in [2.05, 4.69) is 71.6 Å². The van der Waals surface area contributed by atoms with E-state index in [4.69, 9.17) is 4.74 Å². The lowest BCUT2D eigenvalue weighted by Crippen LogP contribution is -2.48. The molecule has 137 valence electrons. The minimum Gasteiger partial charge on any atom is -0.288 e. The molecule has 0 aromatic heterocycles. The lowest BCUT2D eigenvalue weighted by atomic mass is 9.79. The van der Waals surface area contributed by atoms with Crippen LogP contribution in [0.4, 0.5) is 0 Å². The van der Waals surface area contributed by atoms with E-state index in [0.717, 1.165) is 19.4 Å². The van der Waals surface area contributed by atoms with E-state index in [1.807, 2.05) is 0 Å². The van der Waals surface area contributed by atoms with Crippen molar-refractivity contribution < 1.29 is 4.74 Å². The molecular weight excluding hydrogens is 332 g/mol. The molecule has 1 radical (unpaired) electrons. The number of rotatable bonds is 2. The van der Waals surface area contributed by atoms with E-state index >= 15 is 0 Å². The zero-order valence-corrected chi connectivity index (χ0v) is 15.6. The molecule has 3 heteroatoms. The molecule has 3 fully saturated rings. The Bertz CT molecular complexity index is 815. The van der Waals surface area contributed by atoms with Crippen LogP contribution in [-0.2, 0) is 4.74 Å². The van der Waals surface area contributed by atoms with Crippen molar-refractivity contribution in [1.82, 2.24) is 4.90 Å². The van der Waals surface area contributed by atoms with Gasteiger partial charge >= 0.3 is 0 Å². The SMILES string of the molecule is N#CC1C2[O+]C(c3ccccc3)CC(c3ccccc3)C2N2CCCCC12. The van der Waals surface area contributed by atoms with Gasteiger partial charge in [0.25, 0.3) is 12.2 Å². The Hall–Kier alpha value is -2.15. The number of nitriles is 1. The van der Waals surface area contributed by atoms with E-state index in [1.165, 1.54) is 24.0 Å². The molecule has 0 amide bonds. The first-order valence-corrected chi connectivity index (χ1v) is 10.3. The average Bonchev–Trinajstić information content (AvgIpc) is 3.08. The monoisotopic (exact) mass is 358 g/mol. The van der Waals surface area contributed by atoms with Crippen LogP contribution in [0.2, 0.25) is 0 Å². The van der Waals surface area contributed by atoms with Crippen LogP contribution in [0, 0.1) is 17.2 Å². The van der Waals surface area contributed by atoms with Crippen molar-refractivity contribution in [3.8, 4) is 6.07 Å². The summed E-state index contributed by atoms with van der Waals surface area (Å²) in [6, 6.07) is 24.8. The van der Waals surface area contributed by atoms with Gasteiger partial charge in [0.2, 0.25) is 0 Å². The summed E-state index contributed by atoms with van der Waals surface area (Å²) in [5.41, 5.74) is 2.62. The van der Waals surface area contributed by atoms with Crippen molar-refractivity contribution in [3.05, 3.63) is 71.8 Å². The number of hydrogen-bond acceptors (Lipinski definition) is 3. The van der Waals surface area contributed by atoms with Crippen molar-refractivity contribution >= 4 is 0 Å². The molecule has 5 rings (SSSR count). The fraction of sp³-hybridized carbons (Fsp3) is 0.458. The van der Waals surface area contributed by atoms with Crippen LogP contribution < -0.4 is 0 Å². The van der Waals surface area contributed by atoms with Crippen LogP contribution in [0.1, 0.15) is 48.8 Å². The van der Waals surface area contributed by atoms with Crippen molar-refractivity contribution in [2.75, 3.05) is 6.54 Å². The fourth-order valence-electron chi connectivity index (χ4n) is 5.67. The molecule has 0 bridgehead atoms. The van der Waals surface area contributed by atoms with Gasteiger partial charge in [0.1, 0.15) is 5.92 Å². The molecule has 27 heavy (non-hydrogen) atoms. The van der Waals surface area contributed by atoms with E-state index in [1.54, 1.807) is 0 Å². The minimum absolute atomic E-state index is 0.00209. The molecule has 0 spiro atoms. The topological polar surface area (TPSA) is 38.3 Å². The quantitative estimate of drug-likeness (QED) is 0.732. The standard InChI is InChI=1S/C24H26N2O/c25-16-20-21-13-7-8-14-26(21)23-19(17-9-3-1-4-10-17)15-22(27-24(20)23)18-11-5-2-6-12-18/h1-6,9-12,19-24H,7-8,13-15H2/q+1. The Morgan fingerprint density at radius 2 is 1.63 bits per heavy atom. The molecule has 3 nitrogen and oxygen atoms in total. The van der Waals surface area contributed by atoms with Crippen molar-refractivity contribution in [2.24, 2.45) is 5.92 Å². The molecule has 3 aliphatic heterocycles. The van der Waals surface area contributed by atoms with Crippen LogP contribution in [0.5, 0.6) is 0 Å². The maximum atomic E-state index is 10.0. The number of ether oxygens (including phenoxy) is 1. The fourth-order valence-corrected chi connectivity index (χ4v) is 5.67. The van der Waals surface area contributed by atoms with E-state index in [-0.39, 0.29) is 18.1 Å². The second-order valence-electron chi connectivity index (χ2n) is 8.20. The van der Waals surface area contributed by atoms with E-state index in [0.29, 0.717) is 18.0 Å². The zero-order chi connectivity index (χ0) is 18.2. The highest BCUT2D eigenvalue weighted by Crippen LogP contribution is 2.51. The second kappa shape index (κ2) is 7.11. The number of hydrogen-bond donors (Lipinski definition) is 0. The van der Waals surface area contributed by atoms with E-state index < -0.39 is 0 Å². The van der Waals surface area contributed by atoms with Crippen molar-refractivity contribution in [2.45, 2.75) is 55.9 Å². The van der Waals surface area contributed by atoms with Gasteiger partial charge in [-0.05, 0) is 24.9 Å². The maximum Gasteiger partial charge on any atom is 0.262 e. The molecule has 2 aromatic carbocycles. The molecule has 3 saturated heterocycles. The first kappa shape index (κ1) is 17.0. The normalized spacial score (nSPS) is 35.8. The zero-order valence-electron chi connectivity index (χ0n) is 15.6. The average molecular weight is 358 g/mol. The van der Waals surface area contributed by atoms with Crippen LogP contribution in [0.25, 0.3) is 0 Å². The van der Waals surface area contributed by atoms with Gasteiger partial charge in [-0.1, -0.05) is 67.1 Å². The first-order valence-electron chi connectivity index (χ1n) is 10.3. The van der Waals surface area contributed by atoms with Crippen LogP contribution in [0.15, 0.2) is 60.7 Å². The molecule has 6 unspecified atom stereocenters. The van der Waals surface area contributed by atoms with E-state index in [9.17, 15) is 5.26 Å². The third-order valence-electron chi connectivity index (χ3n) is 6.83. The summed E-state index contributed by atoms with van der Waals surface area (Å²) >= 11 is 0. The molecular formula is C24H26N2O+. The summed E-state index contributed by atoms with van der Waals surface area (Å²) in [6.07, 6.45) is 4.65. The summed E-state index contributed by atoms with van der Waals surface area (Å²) in [7, 11) is 0. The molecule has 0 N–H and O–H groups in total. The van der Waals surface area contributed by atoms with Crippen molar-refractivity contribution in [1.29, 1.82) is 5.26 Å². The number of fused-ring (bicyclic) bond motifs is 3. The summed E-state index contributed by atoms with van der Waals surface area (Å²) in [5.74, 6) is 0.391. The van der Waals surface area contributed by atoms with Gasteiger partial charge in [-0.2, -0.15) is 5.26 Å². The van der Waals surface area contributed by atoms with Crippen molar-refractivity contribution in [3.63, 3.8) is 0 Å². The van der Waals surface area contributed by atoms with Gasteiger partial charge in [0.15, 0.2) is 0 Å². The number of benzene rings is 2. The van der Waals surface area contributed by atoms with Gasteiger partial charge < -0.3 is 0 Å². The molecule has 6 atom stereocenters. The Morgan fingerprint density at radius 3 is 2.33 bits per heavy atom. The molecule has 2 aromatic rings. The molecule has 0 aliphatic carbocycles. The third kappa shape index (κ3) is 2.88. The maximum absolute atomic E-state index is 10.0. The van der Waals surface area contributed by atoms with Crippen LogP contribution in [-0.4, -0.2) is 29.6 Å². The Kier molecular flexibility index (Phi) is 4.47. The number of nitrogens with zero attached hydrogens (tertiary/aromatic N) is 2. The van der Waals surface area contributed by atoms with Gasteiger partial charge in [-0.3, -0.25) is 4.90 Å². The highest BCUT2D eigenvalue weighted by atomic mass is 16.5.